The largest absolute Gasteiger partial charge is 0.497 e. The summed E-state index contributed by atoms with van der Waals surface area (Å²) >= 11 is 0. The Morgan fingerprint density at radius 3 is 2.59 bits per heavy atom. The molecule has 0 aliphatic heterocycles. The highest BCUT2D eigenvalue weighted by Crippen LogP contribution is 2.47. The van der Waals surface area contributed by atoms with Crippen molar-refractivity contribution in [3.63, 3.8) is 0 Å². The van der Waals surface area contributed by atoms with Gasteiger partial charge in [0.1, 0.15) is 5.75 Å². The zero-order valence-corrected chi connectivity index (χ0v) is 12.4. The van der Waals surface area contributed by atoms with Crippen LogP contribution in [0.2, 0.25) is 0 Å². The third-order valence-corrected chi connectivity index (χ3v) is 3.86. The number of methoxy groups -OCH3 is 1. The molecule has 3 rings (SSSR count). The van der Waals surface area contributed by atoms with Gasteiger partial charge in [0, 0.05) is 5.92 Å². The first-order chi connectivity index (χ1) is 10.8. The lowest BCUT2D eigenvalue weighted by Gasteiger charge is -2.01. The van der Waals surface area contributed by atoms with Gasteiger partial charge < -0.3 is 4.74 Å². The molecule has 22 heavy (non-hydrogen) atoms. The van der Waals surface area contributed by atoms with E-state index in [0.29, 0.717) is 5.92 Å². The van der Waals surface area contributed by atoms with Crippen molar-refractivity contribution in [1.82, 2.24) is 5.43 Å². The van der Waals surface area contributed by atoms with Gasteiger partial charge in [-0.15, -0.1) is 0 Å². The molecule has 1 aliphatic rings. The molecule has 4 heteroatoms. The highest BCUT2D eigenvalue weighted by molar-refractivity contribution is 5.85. The number of hydrazone groups is 1. The number of hydrogen-bond acceptors (Lipinski definition) is 3. The quantitative estimate of drug-likeness (QED) is 0.681. The van der Waals surface area contributed by atoms with E-state index in [0.717, 1.165) is 17.7 Å². The van der Waals surface area contributed by atoms with E-state index in [1.807, 2.05) is 42.5 Å². The van der Waals surface area contributed by atoms with E-state index in [-0.39, 0.29) is 11.8 Å². The molecular formula is C18H18N2O2. The Morgan fingerprint density at radius 2 is 1.91 bits per heavy atom. The van der Waals surface area contributed by atoms with Crippen molar-refractivity contribution < 1.29 is 9.53 Å². The van der Waals surface area contributed by atoms with Crippen molar-refractivity contribution in [2.24, 2.45) is 11.0 Å². The molecule has 0 saturated heterocycles. The number of ether oxygens (including phenoxy) is 1. The average molecular weight is 294 g/mol. The summed E-state index contributed by atoms with van der Waals surface area (Å²) in [5.74, 6) is 1.15. The minimum Gasteiger partial charge on any atom is -0.497 e. The van der Waals surface area contributed by atoms with Crippen LogP contribution >= 0.6 is 0 Å². The first-order valence-electron chi connectivity index (χ1n) is 7.30. The van der Waals surface area contributed by atoms with E-state index in [4.69, 9.17) is 4.74 Å². The lowest BCUT2D eigenvalue weighted by atomic mass is 10.1. The van der Waals surface area contributed by atoms with Crippen LogP contribution in [0.4, 0.5) is 0 Å². The molecule has 2 aromatic carbocycles. The predicted molar refractivity (Wildman–Crippen MR) is 86.0 cm³/mol. The number of amides is 1. The smallest absolute Gasteiger partial charge is 0.243 e. The molecule has 2 unspecified atom stereocenters. The maximum atomic E-state index is 12.0. The molecule has 1 N–H and O–H groups in total. The summed E-state index contributed by atoms with van der Waals surface area (Å²) in [5, 5.41) is 4.02. The average Bonchev–Trinajstić information content (AvgIpc) is 3.37. The molecule has 1 fully saturated rings. The first-order valence-corrected chi connectivity index (χ1v) is 7.30. The molecule has 0 bridgehead atoms. The van der Waals surface area contributed by atoms with E-state index in [1.165, 1.54) is 5.56 Å². The van der Waals surface area contributed by atoms with E-state index >= 15 is 0 Å². The summed E-state index contributed by atoms with van der Waals surface area (Å²) in [4.78, 5) is 12.0. The molecule has 0 aromatic heterocycles. The molecule has 4 nitrogen and oxygen atoms in total. The SMILES string of the molecule is COc1ccc(C=NNC(=O)C2CC2c2ccccc2)cc1. The number of carbonyl (C=O) groups is 1. The fourth-order valence-corrected chi connectivity index (χ4v) is 2.50. The van der Waals surface area contributed by atoms with Crippen LogP contribution < -0.4 is 10.2 Å². The Hall–Kier alpha value is -2.62. The van der Waals surface area contributed by atoms with Gasteiger partial charge in [0.15, 0.2) is 0 Å². The summed E-state index contributed by atoms with van der Waals surface area (Å²) in [6.45, 7) is 0. The van der Waals surface area contributed by atoms with Gasteiger partial charge in [-0.3, -0.25) is 4.79 Å². The number of carbonyl (C=O) groups excluding carboxylic acids is 1. The second-order valence-corrected chi connectivity index (χ2v) is 5.37. The summed E-state index contributed by atoms with van der Waals surface area (Å²) in [6.07, 6.45) is 2.53. The van der Waals surface area contributed by atoms with Crippen LogP contribution in [0.25, 0.3) is 0 Å². The maximum Gasteiger partial charge on any atom is 0.243 e. The van der Waals surface area contributed by atoms with Crippen molar-refractivity contribution in [3.8, 4) is 5.75 Å². The van der Waals surface area contributed by atoms with Crippen LogP contribution in [0, 0.1) is 5.92 Å². The number of rotatable bonds is 5. The van der Waals surface area contributed by atoms with Crippen LogP contribution in [-0.2, 0) is 4.79 Å². The molecule has 2 aromatic rings. The van der Waals surface area contributed by atoms with Gasteiger partial charge in [-0.25, -0.2) is 5.43 Å². The van der Waals surface area contributed by atoms with Gasteiger partial charge >= 0.3 is 0 Å². The van der Waals surface area contributed by atoms with E-state index in [9.17, 15) is 4.79 Å². The van der Waals surface area contributed by atoms with Gasteiger partial charge in [-0.05, 0) is 47.7 Å². The number of nitrogens with zero attached hydrogens (tertiary/aromatic N) is 1. The number of nitrogens with one attached hydrogen (secondary N) is 1. The van der Waals surface area contributed by atoms with Crippen LogP contribution in [0.3, 0.4) is 0 Å². The fraction of sp³-hybridized carbons (Fsp3) is 0.222. The normalized spacial score (nSPS) is 19.9. The van der Waals surface area contributed by atoms with Crippen LogP contribution in [0.15, 0.2) is 59.7 Å². The molecule has 1 saturated carbocycles. The summed E-state index contributed by atoms with van der Waals surface area (Å²) in [6, 6.07) is 17.6. The Labute approximate surface area is 129 Å². The second kappa shape index (κ2) is 6.43. The van der Waals surface area contributed by atoms with Gasteiger partial charge in [0.2, 0.25) is 5.91 Å². The van der Waals surface area contributed by atoms with Gasteiger partial charge in [0.25, 0.3) is 0 Å². The van der Waals surface area contributed by atoms with Crippen LogP contribution in [0.1, 0.15) is 23.5 Å². The van der Waals surface area contributed by atoms with E-state index < -0.39 is 0 Å². The highest BCUT2D eigenvalue weighted by atomic mass is 16.5. The van der Waals surface area contributed by atoms with Gasteiger partial charge in [0.05, 0.1) is 13.3 Å². The zero-order valence-electron chi connectivity index (χ0n) is 12.4. The molecule has 112 valence electrons. The topological polar surface area (TPSA) is 50.7 Å². The Balaban J connectivity index is 1.51. The monoisotopic (exact) mass is 294 g/mol. The molecule has 1 amide bonds. The van der Waals surface area contributed by atoms with E-state index in [1.54, 1.807) is 13.3 Å². The molecule has 1 aliphatic carbocycles. The van der Waals surface area contributed by atoms with Crippen molar-refractivity contribution in [1.29, 1.82) is 0 Å². The van der Waals surface area contributed by atoms with Crippen molar-refractivity contribution >= 4 is 12.1 Å². The highest BCUT2D eigenvalue weighted by Gasteiger charge is 2.43. The van der Waals surface area contributed by atoms with Crippen LogP contribution in [0.5, 0.6) is 5.75 Å². The fourth-order valence-electron chi connectivity index (χ4n) is 2.50. The van der Waals surface area contributed by atoms with Crippen LogP contribution in [-0.4, -0.2) is 19.2 Å². The van der Waals surface area contributed by atoms with Crippen molar-refractivity contribution in [3.05, 3.63) is 65.7 Å². The Morgan fingerprint density at radius 1 is 1.18 bits per heavy atom. The summed E-state index contributed by atoms with van der Waals surface area (Å²) in [7, 11) is 1.63. The molecule has 0 radical (unpaired) electrons. The third-order valence-electron chi connectivity index (χ3n) is 3.86. The lowest BCUT2D eigenvalue weighted by Crippen LogP contribution is -2.20. The molecular weight excluding hydrogens is 276 g/mol. The minimum atomic E-state index is -0.0152. The third kappa shape index (κ3) is 3.34. The molecule has 2 atom stereocenters. The number of hydrogen-bond donors (Lipinski definition) is 1. The molecule has 0 spiro atoms. The second-order valence-electron chi connectivity index (χ2n) is 5.37. The summed E-state index contributed by atoms with van der Waals surface area (Å²) < 4.78 is 5.09. The first kappa shape index (κ1) is 14.3. The Bertz CT molecular complexity index is 665. The zero-order chi connectivity index (χ0) is 15.4. The molecule has 0 heterocycles. The predicted octanol–water partition coefficient (Wildman–Crippen LogP) is 2.95. The lowest BCUT2D eigenvalue weighted by molar-refractivity contribution is -0.122. The number of benzene rings is 2. The maximum absolute atomic E-state index is 12.0. The van der Waals surface area contributed by atoms with Crippen molar-refractivity contribution in [2.45, 2.75) is 12.3 Å². The van der Waals surface area contributed by atoms with Crippen molar-refractivity contribution in [2.75, 3.05) is 7.11 Å². The Kier molecular flexibility index (Phi) is 4.19. The van der Waals surface area contributed by atoms with Gasteiger partial charge in [-0.2, -0.15) is 5.10 Å². The standard InChI is InChI=1S/C18H18N2O2/c1-22-15-9-7-13(8-10-15)12-19-20-18(21)17-11-16(17)14-5-3-2-4-6-14/h2-10,12,16-17H,11H2,1H3,(H,20,21). The minimum absolute atomic E-state index is 0.0152. The summed E-state index contributed by atoms with van der Waals surface area (Å²) in [5.41, 5.74) is 4.76. The van der Waals surface area contributed by atoms with Gasteiger partial charge in [-0.1, -0.05) is 30.3 Å². The van der Waals surface area contributed by atoms with E-state index in [2.05, 4.69) is 22.7 Å².